The Morgan fingerprint density at radius 3 is 2.58 bits per heavy atom. The van der Waals surface area contributed by atoms with Crippen LogP contribution in [-0.2, 0) is 11.4 Å². The summed E-state index contributed by atoms with van der Waals surface area (Å²) >= 11 is 11.1. The third kappa shape index (κ3) is 5.54. The van der Waals surface area contributed by atoms with Crippen LogP contribution in [0.3, 0.4) is 0 Å². The van der Waals surface area contributed by atoms with Gasteiger partial charge in [0.15, 0.2) is 0 Å². The fourth-order valence-corrected chi connectivity index (χ4v) is 4.17. The maximum absolute atomic E-state index is 12.1. The highest BCUT2D eigenvalue weighted by Crippen LogP contribution is 2.44. The quantitative estimate of drug-likeness (QED) is 0.483. The van der Waals surface area contributed by atoms with Gasteiger partial charge < -0.3 is 14.6 Å². The Balaban J connectivity index is 2.45. The third-order valence-electron chi connectivity index (χ3n) is 5.02. The molecule has 1 saturated heterocycles. The molecular weight excluding hydrogens is 391 g/mol. The minimum absolute atomic E-state index is 0.134. The van der Waals surface area contributed by atoms with Gasteiger partial charge in [-0.05, 0) is 63.2 Å². The van der Waals surface area contributed by atoms with Crippen LogP contribution in [-0.4, -0.2) is 29.0 Å². The number of halogens is 2. The van der Waals surface area contributed by atoms with Gasteiger partial charge in [0.05, 0.1) is 10.0 Å². The van der Waals surface area contributed by atoms with Gasteiger partial charge >= 0.3 is 0 Å². The maximum Gasteiger partial charge on any atom is 0.140 e. The lowest BCUT2D eigenvalue weighted by molar-refractivity contribution is 0.281. The van der Waals surface area contributed by atoms with E-state index in [0.29, 0.717) is 34.7 Å². The number of ether oxygens (including phenoxy) is 1. The molecule has 0 spiro atoms. The van der Waals surface area contributed by atoms with Crippen molar-refractivity contribution in [3.8, 4) is 5.75 Å². The van der Waals surface area contributed by atoms with Gasteiger partial charge in [-0.15, -0.1) is 0 Å². The Labute approximate surface area is 169 Å². The van der Waals surface area contributed by atoms with Crippen LogP contribution in [0.5, 0.6) is 5.75 Å². The lowest BCUT2D eigenvalue weighted by Crippen LogP contribution is -2.41. The van der Waals surface area contributed by atoms with Crippen molar-refractivity contribution in [2.24, 2.45) is 11.1 Å². The second kappa shape index (κ2) is 9.67. The Kier molecular flexibility index (Phi) is 8.13. The van der Waals surface area contributed by atoms with Crippen molar-refractivity contribution in [3.05, 3.63) is 40.4 Å². The van der Waals surface area contributed by atoms with E-state index in [1.165, 1.54) is 0 Å². The maximum atomic E-state index is 12.1. The van der Waals surface area contributed by atoms with Gasteiger partial charge in [0, 0.05) is 23.8 Å². The van der Waals surface area contributed by atoms with Crippen molar-refractivity contribution in [2.75, 3.05) is 19.7 Å². The molecule has 0 saturated carbocycles. The van der Waals surface area contributed by atoms with E-state index < -0.39 is 16.1 Å². The number of nitrogens with two attached hydrogens (primary N) is 1. The van der Waals surface area contributed by atoms with E-state index in [1.807, 2.05) is 19.9 Å². The fourth-order valence-electron chi connectivity index (χ4n) is 3.50. The summed E-state index contributed by atoms with van der Waals surface area (Å²) in [5.41, 5.74) is 1.01. The van der Waals surface area contributed by atoms with Crippen molar-refractivity contribution in [1.29, 1.82) is 0 Å². The molecule has 2 rings (SSSR count). The fraction of sp³-hybridized carbons (Fsp3) is 0.579. The first-order valence-electron chi connectivity index (χ1n) is 8.86. The Hall–Kier alpha value is -0.430. The van der Waals surface area contributed by atoms with E-state index in [9.17, 15) is 4.55 Å². The predicted octanol–water partition coefficient (Wildman–Crippen LogP) is 4.43. The summed E-state index contributed by atoms with van der Waals surface area (Å²) in [6.45, 7) is 9.93. The van der Waals surface area contributed by atoms with Crippen LogP contribution in [0.15, 0.2) is 24.8 Å². The van der Waals surface area contributed by atoms with Crippen LogP contribution in [0, 0.1) is 5.92 Å². The zero-order valence-electron chi connectivity index (χ0n) is 15.4. The average Bonchev–Trinajstić information content (AvgIpc) is 2.61. The van der Waals surface area contributed by atoms with Gasteiger partial charge in [-0.2, -0.15) is 5.14 Å². The molecule has 3 N–H and O–H groups in total. The molecular formula is C19H28Cl2N2O2S. The molecule has 0 bridgehead atoms. The van der Waals surface area contributed by atoms with E-state index in [2.05, 4.69) is 11.9 Å². The first-order valence-corrected chi connectivity index (χ1v) is 10.8. The van der Waals surface area contributed by atoms with Gasteiger partial charge in [-0.3, -0.25) is 0 Å². The number of hydrogen-bond acceptors (Lipinski definition) is 4. The summed E-state index contributed by atoms with van der Waals surface area (Å²) in [7, 11) is 0. The molecule has 1 aromatic carbocycles. The first kappa shape index (κ1) is 21.9. The number of piperidine rings is 1. The highest BCUT2D eigenvalue weighted by atomic mass is 35.5. The molecule has 146 valence electrons. The molecule has 2 unspecified atom stereocenters. The van der Waals surface area contributed by atoms with Crippen LogP contribution in [0.2, 0.25) is 10.0 Å². The summed E-state index contributed by atoms with van der Waals surface area (Å²) < 4.78 is 17.4. The van der Waals surface area contributed by atoms with Crippen LogP contribution < -0.4 is 15.2 Å². The number of nitrogens with one attached hydrogen (secondary N) is 1. The summed E-state index contributed by atoms with van der Waals surface area (Å²) in [6, 6.07) is 3.66. The van der Waals surface area contributed by atoms with Crippen LogP contribution in [0.1, 0.15) is 44.6 Å². The first-order chi connectivity index (χ1) is 12.3. The van der Waals surface area contributed by atoms with Crippen molar-refractivity contribution in [2.45, 2.75) is 43.8 Å². The Morgan fingerprint density at radius 2 is 2.00 bits per heavy atom. The van der Waals surface area contributed by atoms with Gasteiger partial charge in [-0.25, -0.2) is 0 Å². The van der Waals surface area contributed by atoms with E-state index in [4.69, 9.17) is 33.1 Å². The van der Waals surface area contributed by atoms with Crippen molar-refractivity contribution < 1.29 is 9.29 Å². The van der Waals surface area contributed by atoms with Gasteiger partial charge in [0.25, 0.3) is 0 Å². The minimum atomic E-state index is -1.43. The molecule has 0 aliphatic carbocycles. The van der Waals surface area contributed by atoms with Crippen LogP contribution in [0.4, 0.5) is 0 Å². The summed E-state index contributed by atoms with van der Waals surface area (Å²) in [5.74, 6) is 1.28. The monoisotopic (exact) mass is 418 g/mol. The Morgan fingerprint density at radius 1 is 1.38 bits per heavy atom. The SMILES string of the molecule is C=CCOc1cc(Cl)c(Cl)cc1C(CC(C)(C)[S+](N)[O-])C1CCNCC1. The molecule has 0 aromatic heterocycles. The van der Waals surface area contributed by atoms with Gasteiger partial charge in [0.1, 0.15) is 17.1 Å². The highest BCUT2D eigenvalue weighted by Gasteiger charge is 2.38. The molecule has 7 heteroatoms. The van der Waals surface area contributed by atoms with E-state index in [0.717, 1.165) is 31.5 Å². The molecule has 0 amide bonds. The van der Waals surface area contributed by atoms with Crippen molar-refractivity contribution in [1.82, 2.24) is 5.32 Å². The molecule has 0 radical (unpaired) electrons. The molecule has 4 nitrogen and oxygen atoms in total. The lowest BCUT2D eigenvalue weighted by Gasteiger charge is -2.36. The van der Waals surface area contributed by atoms with Crippen molar-refractivity contribution >= 4 is 34.6 Å². The predicted molar refractivity (Wildman–Crippen MR) is 112 cm³/mol. The van der Waals surface area contributed by atoms with E-state index in [1.54, 1.807) is 12.1 Å². The normalized spacial score (nSPS) is 18.4. The smallest absolute Gasteiger partial charge is 0.140 e. The molecule has 1 fully saturated rings. The second-order valence-corrected chi connectivity index (χ2v) is 9.87. The third-order valence-corrected chi connectivity index (χ3v) is 7.00. The summed E-state index contributed by atoms with van der Waals surface area (Å²) in [4.78, 5) is 0. The van der Waals surface area contributed by atoms with E-state index in [-0.39, 0.29) is 5.92 Å². The number of rotatable bonds is 8. The minimum Gasteiger partial charge on any atom is -0.598 e. The van der Waals surface area contributed by atoms with Gasteiger partial charge in [0.2, 0.25) is 0 Å². The number of benzene rings is 1. The standard InChI is InChI=1S/C19H28Cl2N2O2S/c1-4-9-25-18-11-17(21)16(20)10-14(18)15(12-19(2,3)26(22)24)13-5-7-23-8-6-13/h4,10-11,13,15,23H,1,5-9,12,22H2,2-3H3. The zero-order chi connectivity index (χ0) is 19.3. The topological polar surface area (TPSA) is 70.3 Å². The molecule has 1 aliphatic rings. The highest BCUT2D eigenvalue weighted by molar-refractivity contribution is 7.90. The van der Waals surface area contributed by atoms with E-state index >= 15 is 0 Å². The second-order valence-electron chi connectivity index (χ2n) is 7.36. The summed E-state index contributed by atoms with van der Waals surface area (Å²) in [6.07, 6.45) is 4.46. The lowest BCUT2D eigenvalue weighted by atomic mass is 9.75. The molecule has 1 aliphatic heterocycles. The Bertz CT molecular complexity index is 620. The van der Waals surface area contributed by atoms with Crippen LogP contribution >= 0.6 is 23.2 Å². The zero-order valence-corrected chi connectivity index (χ0v) is 17.7. The van der Waals surface area contributed by atoms with Gasteiger partial charge in [-0.1, -0.05) is 35.9 Å². The summed E-state index contributed by atoms with van der Waals surface area (Å²) in [5, 5.41) is 10.1. The van der Waals surface area contributed by atoms with Crippen molar-refractivity contribution in [3.63, 3.8) is 0 Å². The molecule has 1 aromatic rings. The average molecular weight is 419 g/mol. The molecule has 1 heterocycles. The largest absolute Gasteiger partial charge is 0.598 e. The number of hydrogen-bond donors (Lipinski definition) is 2. The van der Waals surface area contributed by atoms with Crippen LogP contribution in [0.25, 0.3) is 0 Å². The molecule has 26 heavy (non-hydrogen) atoms. The molecule has 2 atom stereocenters.